The van der Waals surface area contributed by atoms with Crippen LogP contribution in [0.5, 0.6) is 0 Å². The van der Waals surface area contributed by atoms with Crippen LogP contribution < -0.4 is 10.6 Å². The Morgan fingerprint density at radius 3 is 3.00 bits per heavy atom. The highest BCUT2D eigenvalue weighted by Crippen LogP contribution is 2.16. The molecule has 14 heavy (non-hydrogen) atoms. The second kappa shape index (κ2) is 4.00. The minimum absolute atomic E-state index is 0.375. The fraction of sp³-hybridized carbons (Fsp3) is 0.700. The van der Waals surface area contributed by atoms with Crippen molar-refractivity contribution in [1.29, 1.82) is 0 Å². The van der Waals surface area contributed by atoms with E-state index in [0.29, 0.717) is 6.04 Å². The number of nitrogens with two attached hydrogens (primary N) is 1. The number of aryl methyl sites for hydroxylation is 1. The zero-order chi connectivity index (χ0) is 9.97. The molecule has 78 valence electrons. The molecule has 2 heterocycles. The van der Waals surface area contributed by atoms with E-state index in [1.807, 2.05) is 19.4 Å². The fourth-order valence-corrected chi connectivity index (χ4v) is 1.98. The molecule has 0 bridgehead atoms. The molecule has 0 aromatic carbocycles. The molecule has 1 fully saturated rings. The molecular weight excluding hydrogens is 176 g/mol. The summed E-state index contributed by atoms with van der Waals surface area (Å²) in [4.78, 5) is 6.68. The molecule has 4 heteroatoms. The van der Waals surface area contributed by atoms with Crippen LogP contribution in [0.4, 0.5) is 5.95 Å². The summed E-state index contributed by atoms with van der Waals surface area (Å²) >= 11 is 0. The number of aromatic nitrogens is 2. The Bertz CT molecular complexity index is 294. The lowest BCUT2D eigenvalue weighted by Crippen LogP contribution is -2.28. The summed E-state index contributed by atoms with van der Waals surface area (Å²) in [5.41, 5.74) is 5.93. The van der Waals surface area contributed by atoms with Crippen LogP contribution in [-0.4, -0.2) is 28.7 Å². The van der Waals surface area contributed by atoms with E-state index in [9.17, 15) is 0 Å². The van der Waals surface area contributed by atoms with Crippen molar-refractivity contribution >= 4 is 5.95 Å². The molecule has 2 rings (SSSR count). The first-order valence-electron chi connectivity index (χ1n) is 5.25. The van der Waals surface area contributed by atoms with E-state index in [1.165, 1.54) is 6.42 Å². The highest BCUT2D eigenvalue weighted by molar-refractivity contribution is 5.30. The summed E-state index contributed by atoms with van der Waals surface area (Å²) in [6.45, 7) is 2.12. The maximum Gasteiger partial charge on any atom is 0.205 e. The van der Waals surface area contributed by atoms with Crippen LogP contribution in [0.15, 0.2) is 12.4 Å². The molecule has 2 N–H and O–H groups in total. The minimum Gasteiger partial charge on any atom is -0.342 e. The molecule has 0 radical (unpaired) electrons. The van der Waals surface area contributed by atoms with Gasteiger partial charge in [0.2, 0.25) is 5.95 Å². The van der Waals surface area contributed by atoms with Crippen molar-refractivity contribution in [3.63, 3.8) is 0 Å². The molecule has 1 aromatic rings. The Morgan fingerprint density at radius 2 is 2.29 bits per heavy atom. The highest BCUT2D eigenvalue weighted by Gasteiger charge is 2.16. The second-order valence-corrected chi connectivity index (χ2v) is 4.02. The molecule has 1 aliphatic rings. The predicted octanol–water partition coefficient (Wildman–Crippen LogP) is 0.738. The molecule has 0 aliphatic carbocycles. The summed E-state index contributed by atoms with van der Waals surface area (Å²) in [7, 11) is 2.03. The van der Waals surface area contributed by atoms with E-state index in [2.05, 4.69) is 14.5 Å². The molecule has 0 spiro atoms. The maximum atomic E-state index is 5.93. The van der Waals surface area contributed by atoms with Crippen molar-refractivity contribution in [3.05, 3.63) is 12.4 Å². The van der Waals surface area contributed by atoms with Gasteiger partial charge < -0.3 is 15.2 Å². The lowest BCUT2D eigenvalue weighted by Gasteiger charge is -2.21. The van der Waals surface area contributed by atoms with Gasteiger partial charge in [-0.25, -0.2) is 4.98 Å². The monoisotopic (exact) mass is 194 g/mol. The van der Waals surface area contributed by atoms with Crippen molar-refractivity contribution in [2.24, 2.45) is 12.8 Å². The van der Waals surface area contributed by atoms with Crippen LogP contribution in [0.2, 0.25) is 0 Å². The smallest absolute Gasteiger partial charge is 0.205 e. The first-order valence-corrected chi connectivity index (χ1v) is 5.25. The molecule has 1 aliphatic heterocycles. The number of imidazole rings is 1. The summed E-state index contributed by atoms with van der Waals surface area (Å²) < 4.78 is 2.07. The summed E-state index contributed by atoms with van der Waals surface area (Å²) in [5.74, 6) is 1.07. The van der Waals surface area contributed by atoms with Gasteiger partial charge in [0.15, 0.2) is 0 Å². The summed E-state index contributed by atoms with van der Waals surface area (Å²) in [6.07, 6.45) is 7.22. The Labute approximate surface area is 84.7 Å². The standard InChI is InChI=1S/C10H18N4/c1-13-8-5-12-10(13)14-6-2-3-9(11)4-7-14/h5,8-9H,2-4,6-7,11H2,1H3. The van der Waals surface area contributed by atoms with Crippen molar-refractivity contribution in [2.45, 2.75) is 25.3 Å². The van der Waals surface area contributed by atoms with Crippen LogP contribution in [-0.2, 0) is 7.05 Å². The third-order valence-electron chi connectivity index (χ3n) is 2.85. The van der Waals surface area contributed by atoms with Gasteiger partial charge in [0.25, 0.3) is 0 Å². The van der Waals surface area contributed by atoms with Gasteiger partial charge in [0, 0.05) is 38.6 Å². The molecular formula is C10H18N4. The molecule has 1 aromatic heterocycles. The van der Waals surface area contributed by atoms with Crippen molar-refractivity contribution in [1.82, 2.24) is 9.55 Å². The number of rotatable bonds is 1. The highest BCUT2D eigenvalue weighted by atomic mass is 15.3. The van der Waals surface area contributed by atoms with E-state index in [1.54, 1.807) is 0 Å². The molecule has 1 atom stereocenters. The van der Waals surface area contributed by atoms with E-state index >= 15 is 0 Å². The quantitative estimate of drug-likeness (QED) is 0.717. The summed E-state index contributed by atoms with van der Waals surface area (Å²) in [6, 6.07) is 0.375. The van der Waals surface area contributed by atoms with Crippen LogP contribution in [0.1, 0.15) is 19.3 Å². The fourth-order valence-electron chi connectivity index (χ4n) is 1.98. The van der Waals surface area contributed by atoms with Gasteiger partial charge >= 0.3 is 0 Å². The Kier molecular flexibility index (Phi) is 2.72. The zero-order valence-electron chi connectivity index (χ0n) is 8.69. The molecule has 4 nitrogen and oxygen atoms in total. The van der Waals surface area contributed by atoms with E-state index < -0.39 is 0 Å². The minimum atomic E-state index is 0.375. The SMILES string of the molecule is Cn1ccnc1N1CCCC(N)CC1. The molecule has 0 saturated carbocycles. The van der Waals surface area contributed by atoms with Gasteiger partial charge in [-0.1, -0.05) is 0 Å². The Hall–Kier alpha value is -1.03. The van der Waals surface area contributed by atoms with Gasteiger partial charge in [-0.05, 0) is 19.3 Å². The van der Waals surface area contributed by atoms with Gasteiger partial charge in [0.05, 0.1) is 0 Å². The van der Waals surface area contributed by atoms with Gasteiger partial charge in [-0.3, -0.25) is 0 Å². The number of nitrogens with zero attached hydrogens (tertiary/aromatic N) is 3. The summed E-state index contributed by atoms with van der Waals surface area (Å²) in [5, 5.41) is 0. The van der Waals surface area contributed by atoms with Crippen LogP contribution >= 0.6 is 0 Å². The normalized spacial score (nSPS) is 23.6. The Morgan fingerprint density at radius 1 is 1.43 bits per heavy atom. The third kappa shape index (κ3) is 1.90. The zero-order valence-corrected chi connectivity index (χ0v) is 8.69. The van der Waals surface area contributed by atoms with E-state index in [4.69, 9.17) is 5.73 Å². The maximum absolute atomic E-state index is 5.93. The lowest BCUT2D eigenvalue weighted by atomic mass is 10.1. The van der Waals surface area contributed by atoms with Crippen molar-refractivity contribution < 1.29 is 0 Å². The number of hydrogen-bond donors (Lipinski definition) is 1. The molecule has 1 saturated heterocycles. The van der Waals surface area contributed by atoms with Gasteiger partial charge in [-0.2, -0.15) is 0 Å². The third-order valence-corrected chi connectivity index (χ3v) is 2.85. The lowest BCUT2D eigenvalue weighted by molar-refractivity contribution is 0.601. The van der Waals surface area contributed by atoms with Crippen molar-refractivity contribution in [2.75, 3.05) is 18.0 Å². The second-order valence-electron chi connectivity index (χ2n) is 4.02. The predicted molar refractivity (Wildman–Crippen MR) is 57.2 cm³/mol. The van der Waals surface area contributed by atoms with Crippen LogP contribution in [0.3, 0.4) is 0 Å². The van der Waals surface area contributed by atoms with Gasteiger partial charge in [0.1, 0.15) is 0 Å². The largest absolute Gasteiger partial charge is 0.342 e. The molecule has 1 unspecified atom stereocenters. The first-order chi connectivity index (χ1) is 6.77. The van der Waals surface area contributed by atoms with E-state index in [-0.39, 0.29) is 0 Å². The first kappa shape index (κ1) is 9.52. The Balaban J connectivity index is 2.08. The van der Waals surface area contributed by atoms with Crippen LogP contribution in [0, 0.1) is 0 Å². The average molecular weight is 194 g/mol. The topological polar surface area (TPSA) is 47.1 Å². The average Bonchev–Trinajstić information content (AvgIpc) is 2.46. The number of hydrogen-bond acceptors (Lipinski definition) is 3. The van der Waals surface area contributed by atoms with Crippen molar-refractivity contribution in [3.8, 4) is 0 Å². The number of anilines is 1. The van der Waals surface area contributed by atoms with E-state index in [0.717, 1.165) is 31.9 Å². The van der Waals surface area contributed by atoms with Crippen LogP contribution in [0.25, 0.3) is 0 Å². The van der Waals surface area contributed by atoms with Gasteiger partial charge in [-0.15, -0.1) is 0 Å². The molecule has 0 amide bonds.